The number of hydrogen-bond donors (Lipinski definition) is 1. The van der Waals surface area contributed by atoms with Crippen molar-refractivity contribution in [2.45, 2.75) is 19.9 Å². The number of aromatic nitrogens is 2. The number of thiophene rings is 1. The van der Waals surface area contributed by atoms with Crippen LogP contribution in [0.3, 0.4) is 0 Å². The fraction of sp³-hybridized carbons (Fsp3) is 0.348. The van der Waals surface area contributed by atoms with Gasteiger partial charge in [-0.2, -0.15) is 0 Å². The number of fused-ring (bicyclic) bond motifs is 3. The lowest BCUT2D eigenvalue weighted by molar-refractivity contribution is -0.126. The zero-order valence-corrected chi connectivity index (χ0v) is 18.9. The number of amides is 1. The molecule has 4 rings (SSSR count). The first-order valence-corrected chi connectivity index (χ1v) is 11.2. The van der Waals surface area contributed by atoms with Crippen LogP contribution in [0.4, 0.5) is 11.5 Å². The summed E-state index contributed by atoms with van der Waals surface area (Å²) in [5.41, 5.74) is 2.16. The highest BCUT2D eigenvalue weighted by atomic mass is 32.1. The average molecular weight is 438 g/mol. The molecule has 31 heavy (non-hydrogen) atoms. The van der Waals surface area contributed by atoms with Gasteiger partial charge in [-0.25, -0.2) is 9.97 Å². The molecule has 0 atom stereocenters. The summed E-state index contributed by atoms with van der Waals surface area (Å²) in [6.07, 6.45) is 5.97. The van der Waals surface area contributed by atoms with Crippen molar-refractivity contribution in [1.29, 1.82) is 0 Å². The molecule has 7 nitrogen and oxygen atoms in total. The monoisotopic (exact) mass is 437 g/mol. The maximum absolute atomic E-state index is 12.6. The third-order valence-electron chi connectivity index (χ3n) is 5.09. The first kappa shape index (κ1) is 21.3. The van der Waals surface area contributed by atoms with Crippen LogP contribution in [0.5, 0.6) is 5.75 Å². The van der Waals surface area contributed by atoms with E-state index in [1.54, 1.807) is 23.7 Å². The molecule has 1 N–H and O–H groups in total. The third-order valence-corrected chi connectivity index (χ3v) is 6.21. The number of nitrogens with one attached hydrogen (secondary N) is 1. The van der Waals surface area contributed by atoms with Gasteiger partial charge in [-0.15, -0.1) is 11.3 Å². The fourth-order valence-corrected chi connectivity index (χ4v) is 4.85. The van der Waals surface area contributed by atoms with E-state index in [4.69, 9.17) is 4.74 Å². The zero-order valence-electron chi connectivity index (χ0n) is 18.1. The molecule has 1 aromatic carbocycles. The molecule has 0 saturated heterocycles. The Morgan fingerprint density at radius 3 is 3.03 bits per heavy atom. The van der Waals surface area contributed by atoms with Crippen LogP contribution in [-0.4, -0.2) is 59.5 Å². The average Bonchev–Trinajstić information content (AvgIpc) is 3.12. The Balaban J connectivity index is 1.57. The van der Waals surface area contributed by atoms with Crippen LogP contribution in [0.1, 0.15) is 17.4 Å². The highest BCUT2D eigenvalue weighted by molar-refractivity contribution is 7.19. The number of carbonyl (C=O) groups is 1. The van der Waals surface area contributed by atoms with E-state index < -0.39 is 0 Å². The van der Waals surface area contributed by atoms with E-state index in [-0.39, 0.29) is 5.91 Å². The normalized spacial score (nSPS) is 13.7. The summed E-state index contributed by atoms with van der Waals surface area (Å²) in [6, 6.07) is 7.86. The minimum atomic E-state index is 0.0575. The van der Waals surface area contributed by atoms with Gasteiger partial charge in [-0.05, 0) is 45.1 Å². The second-order valence-corrected chi connectivity index (χ2v) is 8.75. The molecular formula is C23H27N5O2S. The van der Waals surface area contributed by atoms with Crippen LogP contribution in [-0.2, 0) is 17.8 Å². The Morgan fingerprint density at radius 2 is 2.23 bits per heavy atom. The van der Waals surface area contributed by atoms with Gasteiger partial charge in [0.25, 0.3) is 0 Å². The van der Waals surface area contributed by atoms with Crippen molar-refractivity contribution in [3.8, 4) is 5.75 Å². The zero-order chi connectivity index (χ0) is 21.8. The molecule has 0 saturated carbocycles. The van der Waals surface area contributed by atoms with Crippen LogP contribution in [0.15, 0.2) is 42.7 Å². The molecule has 0 unspecified atom stereocenters. The van der Waals surface area contributed by atoms with Crippen molar-refractivity contribution in [2.24, 2.45) is 0 Å². The van der Waals surface area contributed by atoms with E-state index in [1.165, 1.54) is 10.4 Å². The third kappa shape index (κ3) is 4.86. The predicted octanol–water partition coefficient (Wildman–Crippen LogP) is 3.84. The van der Waals surface area contributed by atoms with Crippen molar-refractivity contribution in [3.63, 3.8) is 0 Å². The molecule has 0 radical (unpaired) electrons. The van der Waals surface area contributed by atoms with Crippen LogP contribution in [0.2, 0.25) is 0 Å². The van der Waals surface area contributed by atoms with Gasteiger partial charge in [0, 0.05) is 35.8 Å². The summed E-state index contributed by atoms with van der Waals surface area (Å²) in [4.78, 5) is 27.6. The van der Waals surface area contributed by atoms with Crippen LogP contribution in [0, 0.1) is 0 Å². The highest BCUT2D eigenvalue weighted by Gasteiger charge is 2.25. The number of ether oxygens (including phenoxy) is 1. The summed E-state index contributed by atoms with van der Waals surface area (Å²) in [7, 11) is 3.97. The summed E-state index contributed by atoms with van der Waals surface area (Å²) >= 11 is 1.64. The Bertz CT molecular complexity index is 1110. The Morgan fingerprint density at radius 1 is 1.35 bits per heavy atom. The minimum absolute atomic E-state index is 0.0575. The standard InChI is InChI=1S/C23H27N5O2S/c1-4-30-17-8-5-7-16(13-17)26-22-21-18-10-12-28(20(29)9-6-11-27(2)3)14-19(18)31-23(21)25-15-24-22/h5-9,13,15H,4,10-12,14H2,1-3H3,(H,24,25,26)/b9-6+. The quantitative estimate of drug-likeness (QED) is 0.567. The Hall–Kier alpha value is -2.97. The lowest BCUT2D eigenvalue weighted by Gasteiger charge is -2.26. The molecule has 3 heterocycles. The smallest absolute Gasteiger partial charge is 0.246 e. The second kappa shape index (κ2) is 9.45. The van der Waals surface area contributed by atoms with Gasteiger partial charge in [-0.3, -0.25) is 4.79 Å². The maximum atomic E-state index is 12.6. The predicted molar refractivity (Wildman–Crippen MR) is 125 cm³/mol. The molecule has 8 heteroatoms. The van der Waals surface area contributed by atoms with Crippen molar-refractivity contribution in [2.75, 3.05) is 39.1 Å². The number of nitrogens with zero attached hydrogens (tertiary/aromatic N) is 4. The first-order valence-electron chi connectivity index (χ1n) is 10.4. The molecule has 1 aliphatic rings. The van der Waals surface area contributed by atoms with Gasteiger partial charge in [0.2, 0.25) is 5.91 Å². The maximum Gasteiger partial charge on any atom is 0.246 e. The molecule has 0 fully saturated rings. The fourth-order valence-electron chi connectivity index (χ4n) is 3.65. The van der Waals surface area contributed by atoms with E-state index in [1.807, 2.05) is 61.2 Å². The molecule has 1 amide bonds. The largest absolute Gasteiger partial charge is 0.494 e. The van der Waals surface area contributed by atoms with E-state index in [0.717, 1.165) is 40.4 Å². The van der Waals surface area contributed by atoms with Crippen molar-refractivity contribution < 1.29 is 9.53 Å². The second-order valence-electron chi connectivity index (χ2n) is 7.67. The molecule has 162 valence electrons. The van der Waals surface area contributed by atoms with Gasteiger partial charge in [0.05, 0.1) is 18.5 Å². The lowest BCUT2D eigenvalue weighted by atomic mass is 10.0. The summed E-state index contributed by atoms with van der Waals surface area (Å²) in [5.74, 6) is 1.67. The van der Waals surface area contributed by atoms with E-state index in [9.17, 15) is 4.79 Å². The van der Waals surface area contributed by atoms with Gasteiger partial charge in [0.15, 0.2) is 0 Å². The number of hydrogen-bond acceptors (Lipinski definition) is 7. The minimum Gasteiger partial charge on any atom is -0.494 e. The van der Waals surface area contributed by atoms with E-state index >= 15 is 0 Å². The van der Waals surface area contributed by atoms with E-state index in [0.29, 0.717) is 19.7 Å². The number of benzene rings is 1. The molecule has 0 spiro atoms. The van der Waals surface area contributed by atoms with Crippen molar-refractivity contribution in [3.05, 3.63) is 53.2 Å². The van der Waals surface area contributed by atoms with Crippen molar-refractivity contribution >= 4 is 39.0 Å². The molecule has 0 bridgehead atoms. The summed E-state index contributed by atoms with van der Waals surface area (Å²) < 4.78 is 5.61. The molecule has 0 aliphatic carbocycles. The molecule has 2 aromatic heterocycles. The number of anilines is 2. The summed E-state index contributed by atoms with van der Waals surface area (Å²) in [6.45, 7) is 4.65. The Labute approximate surface area is 186 Å². The number of rotatable bonds is 7. The SMILES string of the molecule is CCOc1cccc(Nc2ncnc3sc4c(c23)CCN(C(=O)/C=C/CN(C)C)C4)c1. The van der Waals surface area contributed by atoms with Gasteiger partial charge in [0.1, 0.15) is 22.7 Å². The molecule has 1 aliphatic heterocycles. The topological polar surface area (TPSA) is 70.6 Å². The van der Waals surface area contributed by atoms with Crippen LogP contribution < -0.4 is 10.1 Å². The Kier molecular flexibility index (Phi) is 6.48. The first-order chi connectivity index (χ1) is 15.0. The van der Waals surface area contributed by atoms with Gasteiger partial charge in [-0.1, -0.05) is 12.1 Å². The van der Waals surface area contributed by atoms with Gasteiger partial charge < -0.3 is 19.9 Å². The summed E-state index contributed by atoms with van der Waals surface area (Å²) in [5, 5.41) is 4.49. The van der Waals surface area contributed by atoms with Crippen LogP contribution >= 0.6 is 11.3 Å². The van der Waals surface area contributed by atoms with E-state index in [2.05, 4.69) is 15.3 Å². The van der Waals surface area contributed by atoms with Gasteiger partial charge >= 0.3 is 0 Å². The molecular weight excluding hydrogens is 410 g/mol. The number of likely N-dealkylation sites (N-methyl/N-ethyl adjacent to an activating group) is 1. The molecule has 3 aromatic rings. The highest BCUT2D eigenvalue weighted by Crippen LogP contribution is 2.38. The van der Waals surface area contributed by atoms with Crippen molar-refractivity contribution in [1.82, 2.24) is 19.8 Å². The van der Waals surface area contributed by atoms with Crippen LogP contribution in [0.25, 0.3) is 10.2 Å². The number of carbonyl (C=O) groups excluding carboxylic acids is 1. The lowest BCUT2D eigenvalue weighted by Crippen LogP contribution is -2.34.